The number of nitrogens with one attached hydrogen (secondary N) is 3. The number of carbonyl (C=O) groups is 1. The number of aromatic nitrogens is 2. The van der Waals surface area contributed by atoms with Crippen LogP contribution in [-0.2, 0) is 19.6 Å². The molecular formula is C23H28N4O4S. The van der Waals surface area contributed by atoms with E-state index in [2.05, 4.69) is 20.0 Å². The number of fused-ring (bicyclic) bond motifs is 1. The monoisotopic (exact) mass is 456 g/mol. The van der Waals surface area contributed by atoms with Gasteiger partial charge >= 0.3 is 5.97 Å². The summed E-state index contributed by atoms with van der Waals surface area (Å²) < 4.78 is 34.0. The van der Waals surface area contributed by atoms with Gasteiger partial charge in [-0.3, -0.25) is 4.79 Å². The van der Waals surface area contributed by atoms with Gasteiger partial charge in [-0.05, 0) is 69.9 Å². The quantitative estimate of drug-likeness (QED) is 0.462. The van der Waals surface area contributed by atoms with E-state index in [1.165, 1.54) is 0 Å². The van der Waals surface area contributed by atoms with Gasteiger partial charge in [0.25, 0.3) is 0 Å². The van der Waals surface area contributed by atoms with Crippen LogP contribution in [0.15, 0.2) is 53.4 Å². The van der Waals surface area contributed by atoms with Gasteiger partial charge in [0.05, 0.1) is 28.0 Å². The standard InChI is InChI=1S/C23H28N4O4S/c1-15(2)31-22(28)16-8-10-18(11-9-16)27-32(29,30)19-12-13-20-21(14-19)26-23(25-20)24-17-6-4-3-5-7-17/h3-7,12-16,18,27H,8-11H2,1-2H3,(H2,24,25,26)/t16-,18-. The van der Waals surface area contributed by atoms with Crippen LogP contribution in [0.2, 0.25) is 0 Å². The van der Waals surface area contributed by atoms with Gasteiger partial charge in [-0.15, -0.1) is 0 Å². The van der Waals surface area contributed by atoms with Gasteiger partial charge in [-0.2, -0.15) is 0 Å². The van der Waals surface area contributed by atoms with Crippen LogP contribution in [0.3, 0.4) is 0 Å². The topological polar surface area (TPSA) is 113 Å². The van der Waals surface area contributed by atoms with E-state index in [9.17, 15) is 13.2 Å². The lowest BCUT2D eigenvalue weighted by molar-refractivity contribution is -0.153. The number of para-hydroxylation sites is 1. The second-order valence-corrected chi connectivity index (χ2v) is 10.1. The Hall–Kier alpha value is -2.91. The van der Waals surface area contributed by atoms with Gasteiger partial charge in [0, 0.05) is 11.7 Å². The van der Waals surface area contributed by atoms with Crippen LogP contribution in [0.1, 0.15) is 39.5 Å². The molecule has 3 N–H and O–H groups in total. The molecule has 1 saturated carbocycles. The van der Waals surface area contributed by atoms with Crippen molar-refractivity contribution in [1.82, 2.24) is 14.7 Å². The molecule has 1 heterocycles. The maximum atomic E-state index is 12.9. The van der Waals surface area contributed by atoms with Crippen LogP contribution in [0, 0.1) is 5.92 Å². The molecule has 0 bridgehead atoms. The Morgan fingerprint density at radius 3 is 2.50 bits per heavy atom. The Morgan fingerprint density at radius 1 is 1.09 bits per heavy atom. The highest BCUT2D eigenvalue weighted by molar-refractivity contribution is 7.89. The highest BCUT2D eigenvalue weighted by atomic mass is 32.2. The molecule has 9 heteroatoms. The van der Waals surface area contributed by atoms with Crippen LogP contribution in [0.25, 0.3) is 11.0 Å². The van der Waals surface area contributed by atoms with E-state index >= 15 is 0 Å². The molecule has 32 heavy (non-hydrogen) atoms. The third-order valence-electron chi connectivity index (χ3n) is 5.54. The fourth-order valence-corrected chi connectivity index (χ4v) is 5.26. The van der Waals surface area contributed by atoms with Crippen LogP contribution < -0.4 is 10.0 Å². The summed E-state index contributed by atoms with van der Waals surface area (Å²) in [6.45, 7) is 3.66. The molecule has 0 atom stereocenters. The highest BCUT2D eigenvalue weighted by Gasteiger charge is 2.30. The average molecular weight is 457 g/mol. The smallest absolute Gasteiger partial charge is 0.309 e. The van der Waals surface area contributed by atoms with Crippen molar-refractivity contribution < 1.29 is 17.9 Å². The minimum atomic E-state index is -3.70. The van der Waals surface area contributed by atoms with Gasteiger partial charge in [-0.25, -0.2) is 18.1 Å². The van der Waals surface area contributed by atoms with Crippen molar-refractivity contribution in [3.05, 3.63) is 48.5 Å². The number of sulfonamides is 1. The number of rotatable bonds is 7. The lowest BCUT2D eigenvalue weighted by Crippen LogP contribution is -2.39. The molecule has 0 saturated heterocycles. The number of benzene rings is 2. The maximum absolute atomic E-state index is 12.9. The number of hydrogen-bond acceptors (Lipinski definition) is 6. The maximum Gasteiger partial charge on any atom is 0.309 e. The summed E-state index contributed by atoms with van der Waals surface area (Å²) in [6.07, 6.45) is 2.30. The number of hydrogen-bond donors (Lipinski definition) is 3. The summed E-state index contributed by atoms with van der Waals surface area (Å²) in [6, 6.07) is 14.3. The Balaban J connectivity index is 1.41. The summed E-state index contributed by atoms with van der Waals surface area (Å²) in [5.74, 6) is 0.194. The number of aromatic amines is 1. The molecule has 1 fully saturated rings. The molecule has 1 aliphatic carbocycles. The van der Waals surface area contributed by atoms with Crippen LogP contribution >= 0.6 is 0 Å². The number of nitrogens with zero attached hydrogens (tertiary/aromatic N) is 1. The normalized spacial score (nSPS) is 19.2. The molecule has 170 valence electrons. The summed E-state index contributed by atoms with van der Waals surface area (Å²) in [7, 11) is -3.70. The van der Waals surface area contributed by atoms with Crippen LogP contribution in [0.4, 0.5) is 11.6 Å². The summed E-state index contributed by atoms with van der Waals surface area (Å²) in [5.41, 5.74) is 2.19. The molecule has 1 aliphatic rings. The number of anilines is 2. The second-order valence-electron chi connectivity index (χ2n) is 8.41. The molecule has 0 radical (unpaired) electrons. The third kappa shape index (κ3) is 5.28. The first kappa shape index (κ1) is 22.3. The van der Waals surface area contributed by atoms with Crippen molar-refractivity contribution in [2.75, 3.05) is 5.32 Å². The van der Waals surface area contributed by atoms with Gasteiger partial charge in [0.2, 0.25) is 16.0 Å². The van der Waals surface area contributed by atoms with Crippen molar-refractivity contribution in [1.29, 1.82) is 0 Å². The molecule has 3 aromatic rings. The summed E-state index contributed by atoms with van der Waals surface area (Å²) in [5, 5.41) is 3.17. The number of ether oxygens (including phenoxy) is 1. The first-order valence-corrected chi connectivity index (χ1v) is 12.3. The van der Waals surface area contributed by atoms with E-state index in [1.54, 1.807) is 18.2 Å². The fourth-order valence-electron chi connectivity index (χ4n) is 3.93. The first-order chi connectivity index (χ1) is 15.3. The van der Waals surface area contributed by atoms with Crippen molar-refractivity contribution >= 4 is 38.7 Å². The lowest BCUT2D eigenvalue weighted by atomic mass is 9.86. The third-order valence-corrected chi connectivity index (χ3v) is 7.05. The zero-order chi connectivity index (χ0) is 22.7. The minimum Gasteiger partial charge on any atom is -0.463 e. The second kappa shape index (κ2) is 9.30. The molecule has 1 aromatic heterocycles. The Morgan fingerprint density at radius 2 is 1.81 bits per heavy atom. The minimum absolute atomic E-state index is 0.140. The molecule has 0 unspecified atom stereocenters. The number of H-pyrrole nitrogens is 1. The molecular weight excluding hydrogens is 428 g/mol. The largest absolute Gasteiger partial charge is 0.463 e. The van der Waals surface area contributed by atoms with Gasteiger partial charge in [0.1, 0.15) is 0 Å². The van der Waals surface area contributed by atoms with Gasteiger partial charge in [-0.1, -0.05) is 18.2 Å². The number of esters is 1. The number of carbonyl (C=O) groups excluding carboxylic acids is 1. The van der Waals surface area contributed by atoms with Gasteiger partial charge in [0.15, 0.2) is 0 Å². The van der Waals surface area contributed by atoms with Crippen molar-refractivity contribution in [2.24, 2.45) is 5.92 Å². The molecule has 0 aliphatic heterocycles. The Labute approximate surface area is 187 Å². The first-order valence-electron chi connectivity index (χ1n) is 10.8. The Kier molecular flexibility index (Phi) is 6.48. The van der Waals surface area contributed by atoms with Crippen LogP contribution in [-0.4, -0.2) is 36.5 Å². The van der Waals surface area contributed by atoms with E-state index in [-0.39, 0.29) is 28.9 Å². The summed E-state index contributed by atoms with van der Waals surface area (Å²) in [4.78, 5) is 19.9. The zero-order valence-corrected chi connectivity index (χ0v) is 19.0. The molecule has 0 spiro atoms. The van der Waals surface area contributed by atoms with E-state index < -0.39 is 10.0 Å². The fraction of sp³-hybridized carbons (Fsp3) is 0.391. The van der Waals surface area contributed by atoms with E-state index in [1.807, 2.05) is 44.2 Å². The molecule has 8 nitrogen and oxygen atoms in total. The number of imidazole rings is 1. The van der Waals surface area contributed by atoms with Crippen molar-refractivity contribution in [2.45, 2.75) is 56.6 Å². The predicted octanol–water partition coefficient (Wildman–Crippen LogP) is 4.10. The van der Waals surface area contributed by atoms with Crippen molar-refractivity contribution in [3.8, 4) is 0 Å². The summed E-state index contributed by atoms with van der Waals surface area (Å²) >= 11 is 0. The average Bonchev–Trinajstić information content (AvgIpc) is 3.15. The van der Waals surface area contributed by atoms with Crippen LogP contribution in [0.5, 0.6) is 0 Å². The van der Waals surface area contributed by atoms with Gasteiger partial charge < -0.3 is 15.0 Å². The highest BCUT2D eigenvalue weighted by Crippen LogP contribution is 2.27. The zero-order valence-electron chi connectivity index (χ0n) is 18.2. The Bertz CT molecular complexity index is 1180. The molecule has 2 aromatic carbocycles. The van der Waals surface area contributed by atoms with E-state index in [4.69, 9.17) is 4.74 Å². The lowest BCUT2D eigenvalue weighted by Gasteiger charge is -2.28. The predicted molar refractivity (Wildman–Crippen MR) is 123 cm³/mol. The van der Waals surface area contributed by atoms with Crippen molar-refractivity contribution in [3.63, 3.8) is 0 Å². The SMILES string of the molecule is CC(C)OC(=O)[C@H]1CC[C@H](NS(=O)(=O)c2ccc3[nH]c(Nc4ccccc4)nc3c2)CC1. The van der Waals surface area contributed by atoms with E-state index in [0.717, 1.165) is 11.2 Å². The molecule has 0 amide bonds. The molecule has 4 rings (SSSR count). The van der Waals surface area contributed by atoms with E-state index in [0.29, 0.717) is 37.1 Å².